The summed E-state index contributed by atoms with van der Waals surface area (Å²) in [5, 5.41) is 0. The first-order chi connectivity index (χ1) is 7.22. The van der Waals surface area contributed by atoms with Gasteiger partial charge in [0.1, 0.15) is 0 Å². The Labute approximate surface area is 92.1 Å². The van der Waals surface area contributed by atoms with Crippen molar-refractivity contribution in [3.63, 3.8) is 0 Å². The molecule has 2 nitrogen and oxygen atoms in total. The van der Waals surface area contributed by atoms with E-state index in [2.05, 4.69) is 43.0 Å². The fraction of sp³-hybridized carbons (Fsp3) is 0.538. The van der Waals surface area contributed by atoms with Crippen LogP contribution in [0.5, 0.6) is 0 Å². The first-order valence-electron chi connectivity index (χ1n) is 5.74. The molecule has 0 bridgehead atoms. The first-order valence-corrected chi connectivity index (χ1v) is 5.74. The number of benzene rings is 1. The zero-order chi connectivity index (χ0) is 10.8. The van der Waals surface area contributed by atoms with Crippen molar-refractivity contribution in [2.24, 2.45) is 11.7 Å². The average Bonchev–Trinajstić information content (AvgIpc) is 2.53. The zero-order valence-corrected chi connectivity index (χ0v) is 9.61. The molecule has 0 saturated heterocycles. The minimum atomic E-state index is 0.434. The van der Waals surface area contributed by atoms with Gasteiger partial charge in [-0.2, -0.15) is 0 Å². The van der Waals surface area contributed by atoms with Gasteiger partial charge in [-0.25, -0.2) is 0 Å². The Morgan fingerprint density at radius 1 is 1.40 bits per heavy atom. The predicted octanol–water partition coefficient (Wildman–Crippen LogP) is 2.16. The van der Waals surface area contributed by atoms with Crippen molar-refractivity contribution in [3.8, 4) is 0 Å². The fourth-order valence-electron chi connectivity index (χ4n) is 2.47. The van der Waals surface area contributed by atoms with Gasteiger partial charge >= 0.3 is 0 Å². The molecule has 0 aromatic heterocycles. The lowest BCUT2D eigenvalue weighted by molar-refractivity contribution is 0.195. The first kappa shape index (κ1) is 10.7. The summed E-state index contributed by atoms with van der Waals surface area (Å²) in [6, 6.07) is 9.10. The third kappa shape index (κ3) is 2.06. The molecule has 82 valence electrons. The zero-order valence-electron chi connectivity index (χ0n) is 9.61. The molecule has 1 heterocycles. The molecule has 0 amide bonds. The molecule has 2 N–H and O–H groups in total. The Morgan fingerprint density at radius 3 is 2.80 bits per heavy atom. The van der Waals surface area contributed by atoms with Crippen molar-refractivity contribution in [1.29, 1.82) is 0 Å². The van der Waals surface area contributed by atoms with E-state index in [-0.39, 0.29) is 0 Å². The molecule has 1 atom stereocenters. The van der Waals surface area contributed by atoms with Crippen molar-refractivity contribution in [2.45, 2.75) is 26.4 Å². The van der Waals surface area contributed by atoms with Crippen molar-refractivity contribution in [3.05, 3.63) is 35.4 Å². The van der Waals surface area contributed by atoms with Crippen LogP contribution in [-0.2, 0) is 6.54 Å². The van der Waals surface area contributed by atoms with Gasteiger partial charge in [0.05, 0.1) is 0 Å². The summed E-state index contributed by atoms with van der Waals surface area (Å²) in [4.78, 5) is 2.50. The maximum Gasteiger partial charge on any atom is 0.0477 e. The second-order valence-corrected chi connectivity index (χ2v) is 4.77. The number of hydrogen-bond acceptors (Lipinski definition) is 2. The number of rotatable bonds is 3. The summed E-state index contributed by atoms with van der Waals surface area (Å²) in [5.74, 6) is 0.702. The molecule has 0 fully saturated rings. The van der Waals surface area contributed by atoms with Gasteiger partial charge in [-0.3, -0.25) is 4.90 Å². The quantitative estimate of drug-likeness (QED) is 0.817. The highest BCUT2D eigenvalue weighted by Crippen LogP contribution is 2.32. The second kappa shape index (κ2) is 4.33. The lowest BCUT2D eigenvalue weighted by Crippen LogP contribution is -2.30. The van der Waals surface area contributed by atoms with E-state index in [0.29, 0.717) is 12.0 Å². The van der Waals surface area contributed by atoms with Crippen LogP contribution >= 0.6 is 0 Å². The Bertz CT molecular complexity index is 333. The van der Waals surface area contributed by atoms with Crippen LogP contribution in [0.4, 0.5) is 0 Å². The summed E-state index contributed by atoms with van der Waals surface area (Å²) < 4.78 is 0. The summed E-state index contributed by atoms with van der Waals surface area (Å²) in [6.45, 7) is 7.45. The van der Waals surface area contributed by atoms with Crippen LogP contribution in [0, 0.1) is 5.92 Å². The molecule has 0 saturated carbocycles. The van der Waals surface area contributed by atoms with Crippen LogP contribution in [-0.4, -0.2) is 18.0 Å². The molecule has 0 spiro atoms. The molecule has 1 unspecified atom stereocenters. The maximum absolute atomic E-state index is 5.87. The summed E-state index contributed by atoms with van der Waals surface area (Å²) in [5.41, 5.74) is 8.76. The minimum Gasteiger partial charge on any atom is -0.329 e. The molecular formula is C13H20N2. The van der Waals surface area contributed by atoms with Gasteiger partial charge in [-0.1, -0.05) is 38.1 Å². The molecule has 1 aliphatic rings. The van der Waals surface area contributed by atoms with Crippen LogP contribution in [0.25, 0.3) is 0 Å². The monoisotopic (exact) mass is 204 g/mol. The second-order valence-electron chi connectivity index (χ2n) is 4.77. The largest absolute Gasteiger partial charge is 0.329 e. The van der Waals surface area contributed by atoms with Crippen LogP contribution in [0.15, 0.2) is 24.3 Å². The standard InChI is InChI=1S/C13H20N2/c1-10(2)8-15-9-11-5-3-4-6-12(11)13(15)7-14/h3-6,10,13H,7-9,14H2,1-2H3. The molecule has 0 aliphatic carbocycles. The van der Waals surface area contributed by atoms with Crippen LogP contribution in [0.1, 0.15) is 31.0 Å². The maximum atomic E-state index is 5.87. The summed E-state index contributed by atoms with van der Waals surface area (Å²) >= 11 is 0. The lowest BCUT2D eigenvalue weighted by atomic mass is 10.1. The molecule has 2 heteroatoms. The van der Waals surface area contributed by atoms with Gasteiger partial charge in [-0.15, -0.1) is 0 Å². The molecule has 15 heavy (non-hydrogen) atoms. The summed E-state index contributed by atoms with van der Waals surface area (Å²) in [7, 11) is 0. The third-order valence-corrected chi connectivity index (χ3v) is 3.05. The highest BCUT2D eigenvalue weighted by molar-refractivity contribution is 5.34. The Kier molecular flexibility index (Phi) is 3.08. The van der Waals surface area contributed by atoms with Crippen LogP contribution in [0.2, 0.25) is 0 Å². The van der Waals surface area contributed by atoms with Gasteiger partial charge in [0.25, 0.3) is 0 Å². The van der Waals surface area contributed by atoms with E-state index < -0.39 is 0 Å². The van der Waals surface area contributed by atoms with Gasteiger partial charge in [-0.05, 0) is 17.0 Å². The number of hydrogen-bond donors (Lipinski definition) is 1. The Balaban J connectivity index is 2.21. The van der Waals surface area contributed by atoms with Crippen molar-refractivity contribution < 1.29 is 0 Å². The topological polar surface area (TPSA) is 29.3 Å². The Hall–Kier alpha value is -0.860. The molecule has 1 aromatic rings. The van der Waals surface area contributed by atoms with E-state index in [1.807, 2.05) is 0 Å². The average molecular weight is 204 g/mol. The lowest BCUT2D eigenvalue weighted by Gasteiger charge is -2.25. The normalized spacial score (nSPS) is 20.9. The molecule has 1 aromatic carbocycles. The minimum absolute atomic E-state index is 0.434. The smallest absolute Gasteiger partial charge is 0.0477 e. The van der Waals surface area contributed by atoms with Gasteiger partial charge < -0.3 is 5.73 Å². The van der Waals surface area contributed by atoms with Crippen LogP contribution < -0.4 is 5.73 Å². The molecule has 1 aliphatic heterocycles. The van der Waals surface area contributed by atoms with E-state index >= 15 is 0 Å². The van der Waals surface area contributed by atoms with Gasteiger partial charge in [0.15, 0.2) is 0 Å². The number of nitrogens with two attached hydrogens (primary N) is 1. The SMILES string of the molecule is CC(C)CN1Cc2ccccc2C1CN. The highest BCUT2D eigenvalue weighted by atomic mass is 15.2. The molecule has 0 radical (unpaired) electrons. The van der Waals surface area contributed by atoms with E-state index in [9.17, 15) is 0 Å². The fourth-order valence-corrected chi connectivity index (χ4v) is 2.47. The molecular weight excluding hydrogens is 184 g/mol. The van der Waals surface area contributed by atoms with E-state index in [1.54, 1.807) is 0 Å². The predicted molar refractivity (Wildman–Crippen MR) is 63.5 cm³/mol. The van der Waals surface area contributed by atoms with Crippen LogP contribution in [0.3, 0.4) is 0 Å². The van der Waals surface area contributed by atoms with Crippen molar-refractivity contribution in [1.82, 2.24) is 4.90 Å². The van der Waals surface area contributed by atoms with Crippen molar-refractivity contribution in [2.75, 3.05) is 13.1 Å². The Morgan fingerprint density at radius 2 is 2.13 bits per heavy atom. The third-order valence-electron chi connectivity index (χ3n) is 3.05. The summed E-state index contributed by atoms with van der Waals surface area (Å²) in [6.07, 6.45) is 0. The number of fused-ring (bicyclic) bond motifs is 1. The molecule has 2 rings (SSSR count). The van der Waals surface area contributed by atoms with Gasteiger partial charge in [0, 0.05) is 25.7 Å². The highest BCUT2D eigenvalue weighted by Gasteiger charge is 2.28. The van der Waals surface area contributed by atoms with Gasteiger partial charge in [0.2, 0.25) is 0 Å². The van der Waals surface area contributed by atoms with E-state index in [4.69, 9.17) is 5.73 Å². The van der Waals surface area contributed by atoms with E-state index in [0.717, 1.165) is 19.6 Å². The van der Waals surface area contributed by atoms with E-state index in [1.165, 1.54) is 11.1 Å². The number of nitrogens with zero attached hydrogens (tertiary/aromatic N) is 1. The van der Waals surface area contributed by atoms with Crippen molar-refractivity contribution >= 4 is 0 Å².